The van der Waals surface area contributed by atoms with Gasteiger partial charge in [-0.3, -0.25) is 9.59 Å². The van der Waals surface area contributed by atoms with E-state index in [1.165, 1.54) is 0 Å². The summed E-state index contributed by atoms with van der Waals surface area (Å²) < 4.78 is 0. The fraction of sp³-hybridized carbons (Fsp3) is 0.348. The van der Waals surface area contributed by atoms with Crippen molar-refractivity contribution in [1.82, 2.24) is 15.5 Å². The SMILES string of the molecule is CCNC(=NCc1ccc(C(=O)N(C)C)cc1)NC1CC(=O)N(c2ccccc2)C1. The van der Waals surface area contributed by atoms with Gasteiger partial charge < -0.3 is 20.4 Å². The number of carbonyl (C=O) groups is 2. The molecule has 2 aromatic rings. The van der Waals surface area contributed by atoms with Crippen molar-refractivity contribution in [2.75, 3.05) is 32.1 Å². The van der Waals surface area contributed by atoms with E-state index in [4.69, 9.17) is 0 Å². The second-order valence-electron chi connectivity index (χ2n) is 7.48. The Balaban J connectivity index is 1.62. The van der Waals surface area contributed by atoms with Gasteiger partial charge in [-0.1, -0.05) is 30.3 Å². The molecule has 1 aliphatic heterocycles. The third-order valence-electron chi connectivity index (χ3n) is 4.90. The average Bonchev–Trinajstić information content (AvgIpc) is 3.12. The Bertz CT molecular complexity index is 894. The van der Waals surface area contributed by atoms with E-state index in [9.17, 15) is 9.59 Å². The first-order valence-electron chi connectivity index (χ1n) is 10.2. The summed E-state index contributed by atoms with van der Waals surface area (Å²) in [6, 6.07) is 17.2. The predicted octanol–water partition coefficient (Wildman–Crippen LogP) is 2.25. The Morgan fingerprint density at radius 1 is 1.13 bits per heavy atom. The molecule has 0 bridgehead atoms. The van der Waals surface area contributed by atoms with Gasteiger partial charge in [0.25, 0.3) is 5.91 Å². The molecule has 1 aliphatic rings. The van der Waals surface area contributed by atoms with Crippen LogP contribution in [0.2, 0.25) is 0 Å². The van der Waals surface area contributed by atoms with Crippen LogP contribution in [-0.2, 0) is 11.3 Å². The van der Waals surface area contributed by atoms with Crippen LogP contribution < -0.4 is 15.5 Å². The fourth-order valence-electron chi connectivity index (χ4n) is 3.36. The quantitative estimate of drug-likeness (QED) is 0.569. The van der Waals surface area contributed by atoms with Crippen LogP contribution in [0.15, 0.2) is 59.6 Å². The number of amides is 2. The fourth-order valence-corrected chi connectivity index (χ4v) is 3.36. The number of hydrogen-bond acceptors (Lipinski definition) is 3. The first kappa shape index (κ1) is 21.4. The molecule has 7 heteroatoms. The lowest BCUT2D eigenvalue weighted by Gasteiger charge is -2.19. The van der Waals surface area contributed by atoms with Crippen LogP contribution >= 0.6 is 0 Å². The number of para-hydroxylation sites is 1. The molecule has 1 fully saturated rings. The second-order valence-corrected chi connectivity index (χ2v) is 7.48. The molecule has 1 saturated heterocycles. The van der Waals surface area contributed by atoms with Crippen LogP contribution in [0.25, 0.3) is 0 Å². The van der Waals surface area contributed by atoms with E-state index in [-0.39, 0.29) is 17.9 Å². The van der Waals surface area contributed by atoms with Gasteiger partial charge in [-0.05, 0) is 36.8 Å². The van der Waals surface area contributed by atoms with Crippen LogP contribution in [-0.4, -0.2) is 55.9 Å². The second kappa shape index (κ2) is 9.91. The molecule has 7 nitrogen and oxygen atoms in total. The van der Waals surface area contributed by atoms with Gasteiger partial charge in [-0.2, -0.15) is 0 Å². The number of hydrogen-bond donors (Lipinski definition) is 2. The zero-order valence-electron chi connectivity index (χ0n) is 17.8. The molecule has 158 valence electrons. The van der Waals surface area contributed by atoms with Gasteiger partial charge in [0.1, 0.15) is 0 Å². The van der Waals surface area contributed by atoms with Crippen molar-refractivity contribution in [1.29, 1.82) is 0 Å². The minimum atomic E-state index is -0.0195. The van der Waals surface area contributed by atoms with Crippen molar-refractivity contribution < 1.29 is 9.59 Å². The van der Waals surface area contributed by atoms with Crippen molar-refractivity contribution in [3.63, 3.8) is 0 Å². The number of guanidine groups is 1. The van der Waals surface area contributed by atoms with Crippen molar-refractivity contribution in [3.8, 4) is 0 Å². The highest BCUT2D eigenvalue weighted by atomic mass is 16.2. The van der Waals surface area contributed by atoms with Crippen LogP contribution in [0, 0.1) is 0 Å². The van der Waals surface area contributed by atoms with E-state index in [2.05, 4.69) is 15.6 Å². The minimum Gasteiger partial charge on any atom is -0.357 e. The predicted molar refractivity (Wildman–Crippen MR) is 120 cm³/mol. The van der Waals surface area contributed by atoms with E-state index in [0.29, 0.717) is 31.0 Å². The molecule has 0 spiro atoms. The van der Waals surface area contributed by atoms with E-state index < -0.39 is 0 Å². The van der Waals surface area contributed by atoms with Crippen molar-refractivity contribution in [2.45, 2.75) is 25.9 Å². The van der Waals surface area contributed by atoms with Gasteiger partial charge in [0, 0.05) is 44.9 Å². The van der Waals surface area contributed by atoms with E-state index in [1.807, 2.05) is 66.4 Å². The zero-order valence-corrected chi connectivity index (χ0v) is 17.8. The average molecular weight is 408 g/mol. The van der Waals surface area contributed by atoms with Crippen LogP contribution in [0.1, 0.15) is 29.3 Å². The summed E-state index contributed by atoms with van der Waals surface area (Å²) in [6.45, 7) is 3.82. The van der Waals surface area contributed by atoms with Crippen LogP contribution in [0.4, 0.5) is 5.69 Å². The summed E-state index contributed by atoms with van der Waals surface area (Å²) in [4.78, 5) is 32.4. The number of rotatable bonds is 6. The topological polar surface area (TPSA) is 77.0 Å². The summed E-state index contributed by atoms with van der Waals surface area (Å²) in [5.74, 6) is 0.767. The molecule has 2 N–H and O–H groups in total. The summed E-state index contributed by atoms with van der Waals surface area (Å²) in [7, 11) is 3.48. The molecule has 0 aromatic heterocycles. The van der Waals surface area contributed by atoms with Crippen LogP contribution in [0.3, 0.4) is 0 Å². The van der Waals surface area contributed by atoms with Crippen LogP contribution in [0.5, 0.6) is 0 Å². The Hall–Kier alpha value is -3.35. The maximum Gasteiger partial charge on any atom is 0.253 e. The third-order valence-corrected chi connectivity index (χ3v) is 4.90. The molecule has 1 heterocycles. The van der Waals surface area contributed by atoms with Crippen molar-refractivity contribution >= 4 is 23.5 Å². The molecule has 2 amide bonds. The largest absolute Gasteiger partial charge is 0.357 e. The van der Waals surface area contributed by atoms with Crippen molar-refractivity contribution in [3.05, 3.63) is 65.7 Å². The molecule has 1 unspecified atom stereocenters. The Kier molecular flexibility index (Phi) is 7.06. The van der Waals surface area contributed by atoms with Gasteiger partial charge in [-0.15, -0.1) is 0 Å². The number of aliphatic imine (C=N–C) groups is 1. The molecule has 30 heavy (non-hydrogen) atoms. The lowest BCUT2D eigenvalue weighted by Crippen LogP contribution is -2.44. The molecular weight excluding hydrogens is 378 g/mol. The minimum absolute atomic E-state index is 0.00408. The van der Waals surface area contributed by atoms with Gasteiger partial charge in [-0.25, -0.2) is 4.99 Å². The standard InChI is InChI=1S/C23H29N5O2/c1-4-24-23(25-15-17-10-12-18(13-11-17)22(30)27(2)3)26-19-14-21(29)28(16-19)20-8-6-5-7-9-20/h5-13,19H,4,14-16H2,1-3H3,(H2,24,25,26). The number of benzene rings is 2. The monoisotopic (exact) mass is 407 g/mol. The van der Waals surface area contributed by atoms with E-state index in [1.54, 1.807) is 19.0 Å². The molecule has 3 rings (SSSR count). The summed E-state index contributed by atoms with van der Waals surface area (Å²) in [6.07, 6.45) is 0.431. The molecule has 1 atom stereocenters. The smallest absolute Gasteiger partial charge is 0.253 e. The van der Waals surface area contributed by atoms with Gasteiger partial charge in [0.15, 0.2) is 5.96 Å². The summed E-state index contributed by atoms with van der Waals surface area (Å²) in [5.41, 5.74) is 2.58. The summed E-state index contributed by atoms with van der Waals surface area (Å²) >= 11 is 0. The number of nitrogens with zero attached hydrogens (tertiary/aromatic N) is 3. The Labute approximate surface area is 177 Å². The lowest BCUT2D eigenvalue weighted by atomic mass is 10.1. The Morgan fingerprint density at radius 2 is 1.83 bits per heavy atom. The normalized spacial score (nSPS) is 16.5. The van der Waals surface area contributed by atoms with Crippen molar-refractivity contribution in [2.24, 2.45) is 4.99 Å². The highest BCUT2D eigenvalue weighted by molar-refractivity contribution is 5.97. The van der Waals surface area contributed by atoms with E-state index >= 15 is 0 Å². The molecule has 0 radical (unpaired) electrons. The molecule has 0 aliphatic carbocycles. The number of carbonyl (C=O) groups excluding carboxylic acids is 2. The maximum atomic E-state index is 12.4. The van der Waals surface area contributed by atoms with Gasteiger partial charge in [0.2, 0.25) is 5.91 Å². The first-order valence-corrected chi connectivity index (χ1v) is 10.2. The Morgan fingerprint density at radius 3 is 2.47 bits per heavy atom. The zero-order chi connectivity index (χ0) is 21.5. The molecule has 0 saturated carbocycles. The van der Waals surface area contributed by atoms with Gasteiger partial charge >= 0.3 is 0 Å². The highest BCUT2D eigenvalue weighted by Crippen LogP contribution is 2.21. The van der Waals surface area contributed by atoms with Gasteiger partial charge in [0.05, 0.1) is 12.6 Å². The molecule has 2 aromatic carbocycles. The number of nitrogens with one attached hydrogen (secondary N) is 2. The number of anilines is 1. The van der Waals surface area contributed by atoms with E-state index in [0.717, 1.165) is 17.8 Å². The maximum absolute atomic E-state index is 12.4. The molecular formula is C23H29N5O2. The summed E-state index contributed by atoms with van der Waals surface area (Å²) in [5, 5.41) is 6.62. The third kappa shape index (κ3) is 5.37. The highest BCUT2D eigenvalue weighted by Gasteiger charge is 2.31. The lowest BCUT2D eigenvalue weighted by molar-refractivity contribution is -0.117. The first-order chi connectivity index (χ1) is 14.5.